The molecule has 3 rings (SSSR count). The highest BCUT2D eigenvalue weighted by atomic mass is 16.5. The molecule has 6 heteroatoms. The molecule has 0 amide bonds. The molecule has 1 N–H and O–H groups in total. The standard InChI is InChI=1S/C20H20N2O4/c1-13(2)10-17(20(24)25)22-19(23)11-15(12-21-22)26-18-9-5-7-14-6-3-4-8-16(14)18/h3-9,11-13,17H,10H2,1-2H3,(H,24,25)/t17-/m1/s1. The van der Waals surface area contributed by atoms with Gasteiger partial charge in [0.15, 0.2) is 11.8 Å². The van der Waals surface area contributed by atoms with Crippen molar-refractivity contribution < 1.29 is 14.6 Å². The van der Waals surface area contributed by atoms with E-state index in [1.807, 2.05) is 56.3 Å². The fourth-order valence-electron chi connectivity index (χ4n) is 2.85. The third-order valence-electron chi connectivity index (χ3n) is 4.05. The molecule has 0 aliphatic heterocycles. The number of aromatic nitrogens is 2. The van der Waals surface area contributed by atoms with Crippen LogP contribution < -0.4 is 10.3 Å². The normalized spacial score (nSPS) is 12.3. The summed E-state index contributed by atoms with van der Waals surface area (Å²) in [6.45, 7) is 3.80. The number of ether oxygens (including phenoxy) is 1. The number of rotatable bonds is 6. The van der Waals surface area contributed by atoms with Gasteiger partial charge in [-0.1, -0.05) is 50.2 Å². The van der Waals surface area contributed by atoms with Crippen molar-refractivity contribution in [2.75, 3.05) is 0 Å². The van der Waals surface area contributed by atoms with Crippen molar-refractivity contribution in [1.29, 1.82) is 0 Å². The summed E-state index contributed by atoms with van der Waals surface area (Å²) in [5.74, 6) is -0.0669. The average Bonchev–Trinajstić information content (AvgIpc) is 2.60. The quantitative estimate of drug-likeness (QED) is 0.728. The molecule has 26 heavy (non-hydrogen) atoms. The van der Waals surface area contributed by atoms with Gasteiger partial charge in [0.1, 0.15) is 5.75 Å². The molecule has 0 fully saturated rings. The predicted molar refractivity (Wildman–Crippen MR) is 98.6 cm³/mol. The lowest BCUT2D eigenvalue weighted by Crippen LogP contribution is -2.32. The molecule has 0 unspecified atom stereocenters. The van der Waals surface area contributed by atoms with Crippen molar-refractivity contribution in [3.8, 4) is 11.5 Å². The van der Waals surface area contributed by atoms with Crippen LogP contribution in [-0.2, 0) is 4.79 Å². The van der Waals surface area contributed by atoms with E-state index in [1.165, 1.54) is 12.3 Å². The van der Waals surface area contributed by atoms with Gasteiger partial charge in [-0.2, -0.15) is 5.10 Å². The number of benzene rings is 2. The number of carboxylic acid groups (broad SMARTS) is 1. The monoisotopic (exact) mass is 352 g/mol. The molecular weight excluding hydrogens is 332 g/mol. The van der Waals surface area contributed by atoms with Crippen LogP contribution in [0.3, 0.4) is 0 Å². The van der Waals surface area contributed by atoms with Gasteiger partial charge in [-0.25, -0.2) is 9.48 Å². The van der Waals surface area contributed by atoms with E-state index < -0.39 is 17.6 Å². The molecule has 6 nitrogen and oxygen atoms in total. The Kier molecular flexibility index (Phi) is 5.02. The molecule has 1 aromatic heterocycles. The number of fused-ring (bicyclic) bond motifs is 1. The van der Waals surface area contributed by atoms with E-state index in [0.29, 0.717) is 12.2 Å². The molecule has 0 saturated heterocycles. The van der Waals surface area contributed by atoms with Crippen LogP contribution in [0, 0.1) is 5.92 Å². The van der Waals surface area contributed by atoms with E-state index in [2.05, 4.69) is 5.10 Å². The van der Waals surface area contributed by atoms with Crippen molar-refractivity contribution in [1.82, 2.24) is 9.78 Å². The first kappa shape index (κ1) is 17.7. The van der Waals surface area contributed by atoms with Gasteiger partial charge in [0, 0.05) is 11.5 Å². The number of aliphatic carboxylic acids is 1. The zero-order valence-electron chi connectivity index (χ0n) is 14.6. The van der Waals surface area contributed by atoms with E-state index in [9.17, 15) is 14.7 Å². The highest BCUT2D eigenvalue weighted by Crippen LogP contribution is 2.29. The Bertz CT molecular complexity index is 989. The van der Waals surface area contributed by atoms with Crippen LogP contribution in [-0.4, -0.2) is 20.9 Å². The lowest BCUT2D eigenvalue weighted by molar-refractivity contribution is -0.141. The van der Waals surface area contributed by atoms with Gasteiger partial charge in [-0.15, -0.1) is 0 Å². The molecule has 0 aliphatic carbocycles. The van der Waals surface area contributed by atoms with E-state index in [4.69, 9.17) is 4.74 Å². The van der Waals surface area contributed by atoms with Gasteiger partial charge in [-0.3, -0.25) is 4.79 Å². The maximum atomic E-state index is 12.4. The van der Waals surface area contributed by atoms with Crippen LogP contribution in [0.1, 0.15) is 26.3 Å². The highest BCUT2D eigenvalue weighted by Gasteiger charge is 2.23. The van der Waals surface area contributed by atoms with E-state index in [1.54, 1.807) is 0 Å². The Morgan fingerprint density at radius 3 is 2.62 bits per heavy atom. The van der Waals surface area contributed by atoms with E-state index in [-0.39, 0.29) is 11.7 Å². The van der Waals surface area contributed by atoms with Crippen LogP contribution in [0.2, 0.25) is 0 Å². The number of carbonyl (C=O) groups is 1. The largest absolute Gasteiger partial charge is 0.480 e. The number of hydrogen-bond donors (Lipinski definition) is 1. The zero-order valence-corrected chi connectivity index (χ0v) is 14.6. The van der Waals surface area contributed by atoms with Gasteiger partial charge in [0.05, 0.1) is 6.20 Å². The van der Waals surface area contributed by atoms with Crippen LogP contribution in [0.25, 0.3) is 10.8 Å². The molecule has 0 radical (unpaired) electrons. The second-order valence-electron chi connectivity index (χ2n) is 6.54. The topological polar surface area (TPSA) is 81.4 Å². The van der Waals surface area contributed by atoms with Crippen molar-refractivity contribution >= 4 is 16.7 Å². The second-order valence-corrected chi connectivity index (χ2v) is 6.54. The van der Waals surface area contributed by atoms with Crippen molar-refractivity contribution in [3.63, 3.8) is 0 Å². The first-order chi connectivity index (χ1) is 12.5. The van der Waals surface area contributed by atoms with E-state index >= 15 is 0 Å². The minimum absolute atomic E-state index is 0.122. The summed E-state index contributed by atoms with van der Waals surface area (Å²) in [6.07, 6.45) is 1.70. The fraction of sp³-hybridized carbons (Fsp3) is 0.250. The van der Waals surface area contributed by atoms with Gasteiger partial charge in [-0.05, 0) is 23.8 Å². The molecule has 0 bridgehead atoms. The molecule has 0 aliphatic rings. The van der Waals surface area contributed by atoms with Gasteiger partial charge in [0.25, 0.3) is 5.56 Å². The minimum atomic E-state index is -1.07. The molecule has 3 aromatic rings. The first-order valence-electron chi connectivity index (χ1n) is 8.43. The smallest absolute Gasteiger partial charge is 0.328 e. The van der Waals surface area contributed by atoms with E-state index in [0.717, 1.165) is 15.5 Å². The summed E-state index contributed by atoms with van der Waals surface area (Å²) in [5.41, 5.74) is -0.504. The Hall–Kier alpha value is -3.15. The highest BCUT2D eigenvalue weighted by molar-refractivity contribution is 5.88. The average molecular weight is 352 g/mol. The van der Waals surface area contributed by atoms with Crippen molar-refractivity contribution in [3.05, 3.63) is 65.1 Å². The summed E-state index contributed by atoms with van der Waals surface area (Å²) >= 11 is 0. The minimum Gasteiger partial charge on any atom is -0.480 e. The van der Waals surface area contributed by atoms with Crippen molar-refractivity contribution in [2.24, 2.45) is 5.92 Å². The van der Waals surface area contributed by atoms with Crippen LogP contribution >= 0.6 is 0 Å². The predicted octanol–water partition coefficient (Wildman–Crippen LogP) is 3.86. The molecule has 1 atom stereocenters. The Morgan fingerprint density at radius 2 is 1.92 bits per heavy atom. The second kappa shape index (κ2) is 7.39. The lowest BCUT2D eigenvalue weighted by Gasteiger charge is -2.16. The van der Waals surface area contributed by atoms with Gasteiger partial charge < -0.3 is 9.84 Å². The zero-order chi connectivity index (χ0) is 18.7. The van der Waals surface area contributed by atoms with Gasteiger partial charge in [0.2, 0.25) is 0 Å². The number of hydrogen-bond acceptors (Lipinski definition) is 4. The van der Waals surface area contributed by atoms with Crippen LogP contribution in [0.4, 0.5) is 0 Å². The Balaban J connectivity index is 1.92. The summed E-state index contributed by atoms with van der Waals surface area (Å²) in [5, 5.41) is 15.4. The Morgan fingerprint density at radius 1 is 1.19 bits per heavy atom. The summed E-state index contributed by atoms with van der Waals surface area (Å²) in [6, 6.07) is 13.7. The molecule has 0 spiro atoms. The molecule has 0 saturated carbocycles. The Labute approximate surface area is 150 Å². The summed E-state index contributed by atoms with van der Waals surface area (Å²) in [7, 11) is 0. The van der Waals surface area contributed by atoms with Crippen LogP contribution in [0.5, 0.6) is 11.5 Å². The fourth-order valence-corrected chi connectivity index (χ4v) is 2.85. The molecule has 134 valence electrons. The summed E-state index contributed by atoms with van der Waals surface area (Å²) in [4.78, 5) is 23.9. The summed E-state index contributed by atoms with van der Waals surface area (Å²) < 4.78 is 6.82. The first-order valence-corrected chi connectivity index (χ1v) is 8.43. The molecular formula is C20H20N2O4. The van der Waals surface area contributed by atoms with Gasteiger partial charge >= 0.3 is 5.97 Å². The number of carboxylic acids is 1. The molecule has 2 aromatic carbocycles. The maximum absolute atomic E-state index is 12.4. The third-order valence-corrected chi connectivity index (χ3v) is 4.05. The third kappa shape index (κ3) is 3.74. The lowest BCUT2D eigenvalue weighted by atomic mass is 10.0. The SMILES string of the molecule is CC(C)C[C@H](C(=O)O)n1ncc(Oc2cccc3ccccc23)cc1=O. The van der Waals surface area contributed by atoms with Crippen LogP contribution in [0.15, 0.2) is 59.5 Å². The number of nitrogens with zero attached hydrogens (tertiary/aromatic N) is 2. The molecule has 1 heterocycles. The maximum Gasteiger partial charge on any atom is 0.328 e. The van der Waals surface area contributed by atoms with Crippen molar-refractivity contribution in [2.45, 2.75) is 26.3 Å².